The van der Waals surface area contributed by atoms with E-state index in [0.29, 0.717) is 5.75 Å². The van der Waals surface area contributed by atoms with Crippen LogP contribution in [0, 0.1) is 10.1 Å². The molecular weight excluding hydrogens is 252 g/mol. The number of nitrogens with zero attached hydrogens (tertiary/aromatic N) is 1. The molecule has 7 nitrogen and oxygen atoms in total. The van der Waals surface area contributed by atoms with Crippen molar-refractivity contribution in [3.63, 3.8) is 0 Å². The van der Waals surface area contributed by atoms with Crippen molar-refractivity contribution in [2.75, 3.05) is 0 Å². The van der Waals surface area contributed by atoms with Crippen LogP contribution in [0.25, 0.3) is 0 Å². The highest BCUT2D eigenvalue weighted by molar-refractivity contribution is 5.75. The van der Waals surface area contributed by atoms with Crippen molar-refractivity contribution in [1.29, 1.82) is 0 Å². The molecule has 0 aliphatic heterocycles. The van der Waals surface area contributed by atoms with Crippen LogP contribution in [0.3, 0.4) is 0 Å². The van der Waals surface area contributed by atoms with Crippen molar-refractivity contribution in [3.8, 4) is 5.75 Å². The molecule has 104 valence electrons. The monoisotopic (exact) mass is 268 g/mol. The van der Waals surface area contributed by atoms with Gasteiger partial charge >= 0.3 is 0 Å². The number of carbonyl (C=O) groups is 1. The maximum absolute atomic E-state index is 11.3. The molecule has 2 atom stereocenters. The first-order valence-electron chi connectivity index (χ1n) is 5.82. The first kappa shape index (κ1) is 14.9. The molecule has 0 spiro atoms. The summed E-state index contributed by atoms with van der Waals surface area (Å²) in [5, 5.41) is 22.5. The number of rotatable bonds is 6. The van der Waals surface area contributed by atoms with Crippen LogP contribution in [0.1, 0.15) is 20.3 Å². The van der Waals surface area contributed by atoms with Crippen molar-refractivity contribution < 1.29 is 19.6 Å². The van der Waals surface area contributed by atoms with Gasteiger partial charge in [-0.25, -0.2) is 0 Å². The third-order valence-corrected chi connectivity index (χ3v) is 2.37. The van der Waals surface area contributed by atoms with E-state index in [2.05, 4.69) is 5.32 Å². The zero-order chi connectivity index (χ0) is 14.4. The van der Waals surface area contributed by atoms with Gasteiger partial charge in [-0.3, -0.25) is 14.9 Å². The van der Waals surface area contributed by atoms with Crippen LogP contribution in [0.15, 0.2) is 24.3 Å². The molecule has 2 N–H and O–H groups in total. The van der Waals surface area contributed by atoms with Crippen LogP contribution < -0.4 is 10.1 Å². The second kappa shape index (κ2) is 6.69. The molecule has 0 aliphatic carbocycles. The van der Waals surface area contributed by atoms with E-state index in [9.17, 15) is 20.0 Å². The zero-order valence-corrected chi connectivity index (χ0v) is 10.7. The van der Waals surface area contributed by atoms with Gasteiger partial charge in [0.2, 0.25) is 5.91 Å². The summed E-state index contributed by atoms with van der Waals surface area (Å²) in [6, 6.07) is 5.39. The van der Waals surface area contributed by atoms with Crippen molar-refractivity contribution in [2.24, 2.45) is 0 Å². The van der Waals surface area contributed by atoms with E-state index in [-0.39, 0.29) is 18.0 Å². The average molecular weight is 268 g/mol. The van der Waals surface area contributed by atoms with Gasteiger partial charge in [-0.2, -0.15) is 0 Å². The van der Waals surface area contributed by atoms with Gasteiger partial charge in [0.15, 0.2) is 6.23 Å². The Balaban J connectivity index is 2.73. The number of carbonyl (C=O) groups excluding carboxylic acids is 1. The van der Waals surface area contributed by atoms with Gasteiger partial charge in [0, 0.05) is 18.6 Å². The Morgan fingerprint density at radius 2 is 2.05 bits per heavy atom. The van der Waals surface area contributed by atoms with Gasteiger partial charge in [-0.05, 0) is 19.1 Å². The molecule has 7 heteroatoms. The number of aliphatic hydroxyl groups excluding tert-OH is 1. The van der Waals surface area contributed by atoms with Crippen molar-refractivity contribution in [1.82, 2.24) is 5.32 Å². The molecule has 0 fully saturated rings. The quantitative estimate of drug-likeness (QED) is 0.458. The van der Waals surface area contributed by atoms with Crippen LogP contribution >= 0.6 is 0 Å². The number of ether oxygens (including phenoxy) is 1. The van der Waals surface area contributed by atoms with Crippen LogP contribution in [0.4, 0.5) is 5.69 Å². The summed E-state index contributed by atoms with van der Waals surface area (Å²) in [6.45, 7) is 3.16. The van der Waals surface area contributed by atoms with Gasteiger partial charge < -0.3 is 15.2 Å². The number of hydrogen-bond donors (Lipinski definition) is 2. The van der Waals surface area contributed by atoms with Crippen LogP contribution in [-0.2, 0) is 4.79 Å². The van der Waals surface area contributed by atoms with Gasteiger partial charge in [0.25, 0.3) is 5.69 Å². The number of nitro groups is 1. The first-order valence-corrected chi connectivity index (χ1v) is 5.82. The Labute approximate surface area is 110 Å². The molecular formula is C12H16N2O5. The van der Waals surface area contributed by atoms with Gasteiger partial charge in [0.1, 0.15) is 11.9 Å². The van der Waals surface area contributed by atoms with Crippen LogP contribution in [0.2, 0.25) is 0 Å². The lowest BCUT2D eigenvalue weighted by atomic mass is 10.3. The number of aliphatic hydroxyl groups is 1. The minimum Gasteiger partial charge on any atom is -0.468 e. The van der Waals surface area contributed by atoms with E-state index in [1.807, 2.05) is 0 Å². The minimum absolute atomic E-state index is 0.0569. The predicted molar refractivity (Wildman–Crippen MR) is 67.6 cm³/mol. The second-order valence-corrected chi connectivity index (χ2v) is 3.95. The SMILES string of the molecule is CCC(=O)NC(Oc1ccc([N+](=O)[O-])cc1)C(C)O. The summed E-state index contributed by atoms with van der Waals surface area (Å²) >= 11 is 0. The summed E-state index contributed by atoms with van der Waals surface area (Å²) in [7, 11) is 0. The third-order valence-electron chi connectivity index (χ3n) is 2.37. The number of hydrogen-bond acceptors (Lipinski definition) is 5. The van der Waals surface area contributed by atoms with Gasteiger partial charge in [-0.15, -0.1) is 0 Å². The molecule has 2 unspecified atom stereocenters. The maximum Gasteiger partial charge on any atom is 0.269 e. The highest BCUT2D eigenvalue weighted by atomic mass is 16.6. The molecule has 1 rings (SSSR count). The fourth-order valence-electron chi connectivity index (χ4n) is 1.30. The lowest BCUT2D eigenvalue weighted by Gasteiger charge is -2.22. The molecule has 0 saturated carbocycles. The Morgan fingerprint density at radius 1 is 1.47 bits per heavy atom. The van der Waals surface area contributed by atoms with E-state index in [1.54, 1.807) is 6.92 Å². The van der Waals surface area contributed by atoms with Crippen molar-refractivity contribution in [2.45, 2.75) is 32.6 Å². The number of amides is 1. The number of nitrogens with one attached hydrogen (secondary N) is 1. The fourth-order valence-corrected chi connectivity index (χ4v) is 1.30. The number of nitro benzene ring substituents is 1. The molecule has 1 aromatic rings. The largest absolute Gasteiger partial charge is 0.468 e. The highest BCUT2D eigenvalue weighted by Crippen LogP contribution is 2.18. The Hall–Kier alpha value is -2.15. The molecule has 1 aromatic carbocycles. The summed E-state index contributed by atoms with van der Waals surface area (Å²) in [5.41, 5.74) is -0.0569. The van der Waals surface area contributed by atoms with Crippen molar-refractivity contribution in [3.05, 3.63) is 34.4 Å². The van der Waals surface area contributed by atoms with Gasteiger partial charge in [0.05, 0.1) is 4.92 Å². The summed E-state index contributed by atoms with van der Waals surface area (Å²) < 4.78 is 5.38. The lowest BCUT2D eigenvalue weighted by molar-refractivity contribution is -0.384. The normalized spacial score (nSPS) is 13.4. The molecule has 0 saturated heterocycles. The minimum atomic E-state index is -0.911. The number of non-ortho nitro benzene ring substituents is 1. The van der Waals surface area contributed by atoms with E-state index >= 15 is 0 Å². The smallest absolute Gasteiger partial charge is 0.269 e. The summed E-state index contributed by atoms with van der Waals surface area (Å²) in [6.07, 6.45) is -1.54. The third kappa shape index (κ3) is 4.55. The average Bonchev–Trinajstić information content (AvgIpc) is 2.38. The van der Waals surface area contributed by atoms with E-state index in [1.165, 1.54) is 31.2 Å². The Morgan fingerprint density at radius 3 is 2.47 bits per heavy atom. The second-order valence-electron chi connectivity index (χ2n) is 3.95. The molecule has 0 aromatic heterocycles. The Bertz CT molecular complexity index is 444. The van der Waals surface area contributed by atoms with E-state index < -0.39 is 17.3 Å². The molecule has 0 bridgehead atoms. The summed E-state index contributed by atoms with van der Waals surface area (Å²) in [4.78, 5) is 21.2. The van der Waals surface area contributed by atoms with E-state index in [4.69, 9.17) is 4.74 Å². The molecule has 19 heavy (non-hydrogen) atoms. The Kier molecular flexibility index (Phi) is 5.25. The van der Waals surface area contributed by atoms with Crippen LogP contribution in [-0.4, -0.2) is 28.3 Å². The first-order chi connectivity index (χ1) is 8.93. The molecule has 0 radical (unpaired) electrons. The standard InChI is InChI=1S/C12H16N2O5/c1-3-11(16)13-12(8(2)15)19-10-6-4-9(5-7-10)14(17)18/h4-8,12,15H,3H2,1-2H3,(H,13,16). The van der Waals surface area contributed by atoms with E-state index in [0.717, 1.165) is 0 Å². The molecule has 0 heterocycles. The highest BCUT2D eigenvalue weighted by Gasteiger charge is 2.19. The molecule has 1 amide bonds. The number of benzene rings is 1. The maximum atomic E-state index is 11.3. The zero-order valence-electron chi connectivity index (χ0n) is 10.7. The topological polar surface area (TPSA) is 102 Å². The van der Waals surface area contributed by atoms with Crippen molar-refractivity contribution >= 4 is 11.6 Å². The summed E-state index contributed by atoms with van der Waals surface area (Å²) in [5.74, 6) is 0.0701. The van der Waals surface area contributed by atoms with Gasteiger partial charge in [-0.1, -0.05) is 6.92 Å². The van der Waals surface area contributed by atoms with Crippen LogP contribution in [0.5, 0.6) is 5.75 Å². The lowest BCUT2D eigenvalue weighted by Crippen LogP contribution is -2.45. The molecule has 0 aliphatic rings. The fraction of sp³-hybridized carbons (Fsp3) is 0.417. The predicted octanol–water partition coefficient (Wildman–Crippen LogP) is 1.21.